The molecule has 0 aliphatic carbocycles. The van der Waals surface area contributed by atoms with Gasteiger partial charge in [0.1, 0.15) is 22.5 Å². The smallest absolute Gasteiger partial charge is 0.197 e. The zero-order valence-electron chi connectivity index (χ0n) is 13.8. The van der Waals surface area contributed by atoms with Crippen molar-refractivity contribution >= 4 is 43.2 Å². The van der Waals surface area contributed by atoms with Crippen LogP contribution < -0.4 is 0 Å². The zero-order valence-corrected chi connectivity index (χ0v) is 16.3. The fourth-order valence-electron chi connectivity index (χ4n) is 2.48. The largest absolute Gasteiger partial charge is 0.311 e. The monoisotopic (exact) mass is 403 g/mol. The minimum absolute atomic E-state index is 0.286. The fourth-order valence-corrected chi connectivity index (χ4v) is 4.99. The molecule has 0 aliphatic rings. The van der Waals surface area contributed by atoms with E-state index >= 15 is 0 Å². The number of hydrogen-bond donors (Lipinski definition) is 0. The summed E-state index contributed by atoms with van der Waals surface area (Å²) in [6.45, 7) is 0. The van der Waals surface area contributed by atoms with Gasteiger partial charge in [-0.2, -0.15) is 0 Å². The number of fused-ring (bicyclic) bond motifs is 1. The van der Waals surface area contributed by atoms with Crippen LogP contribution in [-0.2, 0) is 16.9 Å². The third-order valence-electron chi connectivity index (χ3n) is 3.77. The van der Waals surface area contributed by atoms with Gasteiger partial charge in [-0.15, -0.1) is 21.5 Å². The van der Waals surface area contributed by atoms with E-state index in [0.29, 0.717) is 5.16 Å². The van der Waals surface area contributed by atoms with Crippen molar-refractivity contribution in [2.24, 2.45) is 7.05 Å². The first-order chi connectivity index (χ1) is 12.4. The summed E-state index contributed by atoms with van der Waals surface area (Å²) >= 11 is 2.90. The van der Waals surface area contributed by atoms with E-state index in [2.05, 4.69) is 20.2 Å². The highest BCUT2D eigenvalue weighted by Crippen LogP contribution is 2.39. The predicted molar refractivity (Wildman–Crippen MR) is 101 cm³/mol. The lowest BCUT2D eigenvalue weighted by Crippen LogP contribution is -1.96. The molecule has 3 aromatic heterocycles. The maximum Gasteiger partial charge on any atom is 0.197 e. The molecule has 4 aromatic rings. The number of thiophene rings is 1. The topological polar surface area (TPSA) is 90.6 Å². The van der Waals surface area contributed by atoms with Gasteiger partial charge in [0.25, 0.3) is 0 Å². The molecule has 0 atom stereocenters. The second-order valence-electron chi connectivity index (χ2n) is 5.63. The van der Waals surface area contributed by atoms with Crippen molar-refractivity contribution in [2.75, 3.05) is 6.26 Å². The van der Waals surface area contributed by atoms with Crippen molar-refractivity contribution in [3.05, 3.63) is 42.3 Å². The van der Waals surface area contributed by atoms with E-state index in [0.717, 1.165) is 26.4 Å². The molecule has 0 amide bonds. The zero-order chi connectivity index (χ0) is 18.3. The molecule has 7 nitrogen and oxygen atoms in total. The number of aromatic nitrogens is 5. The Morgan fingerprint density at radius 3 is 2.81 bits per heavy atom. The van der Waals surface area contributed by atoms with Gasteiger partial charge in [0.2, 0.25) is 0 Å². The van der Waals surface area contributed by atoms with Gasteiger partial charge in [0.15, 0.2) is 15.0 Å². The molecule has 0 unspecified atom stereocenters. The summed E-state index contributed by atoms with van der Waals surface area (Å²) in [5, 5.41) is 12.3. The molecule has 0 saturated heterocycles. The Balaban J connectivity index is 1.88. The fraction of sp³-hybridized carbons (Fsp3) is 0.125. The molecule has 0 bridgehead atoms. The van der Waals surface area contributed by atoms with Crippen LogP contribution in [-0.4, -0.2) is 39.4 Å². The standard InChI is InChI=1S/C16H13N5O2S3/c1-21-9-19-20-16(21)25-15-13-12(7-24-14(13)17-8-18-15)10-4-3-5-11(6-10)26(2,22)23/h3-9H,1-2H3. The van der Waals surface area contributed by atoms with Crippen molar-refractivity contribution in [3.63, 3.8) is 0 Å². The van der Waals surface area contributed by atoms with Crippen molar-refractivity contribution in [1.82, 2.24) is 24.7 Å². The summed E-state index contributed by atoms with van der Waals surface area (Å²) in [6.07, 6.45) is 4.36. The van der Waals surface area contributed by atoms with Crippen molar-refractivity contribution in [1.29, 1.82) is 0 Å². The molecular formula is C16H13N5O2S3. The third kappa shape index (κ3) is 3.11. The SMILES string of the molecule is Cn1cnnc1Sc1ncnc2scc(-c3cccc(S(C)(=O)=O)c3)c12. The Kier molecular flexibility index (Phi) is 4.25. The summed E-state index contributed by atoms with van der Waals surface area (Å²) in [7, 11) is -1.42. The predicted octanol–water partition coefficient (Wildman–Crippen LogP) is 3.04. The molecule has 0 spiro atoms. The second-order valence-corrected chi connectivity index (χ2v) is 9.46. The van der Waals surface area contributed by atoms with E-state index < -0.39 is 9.84 Å². The minimum atomic E-state index is -3.28. The van der Waals surface area contributed by atoms with Crippen molar-refractivity contribution in [3.8, 4) is 11.1 Å². The first-order valence-electron chi connectivity index (χ1n) is 7.48. The van der Waals surface area contributed by atoms with Crippen molar-refractivity contribution < 1.29 is 8.42 Å². The van der Waals surface area contributed by atoms with Gasteiger partial charge < -0.3 is 4.57 Å². The lowest BCUT2D eigenvalue weighted by atomic mass is 10.1. The minimum Gasteiger partial charge on any atom is -0.311 e. The van der Waals surface area contributed by atoms with Gasteiger partial charge in [-0.25, -0.2) is 18.4 Å². The van der Waals surface area contributed by atoms with Gasteiger partial charge in [0.05, 0.1) is 10.3 Å². The molecule has 26 heavy (non-hydrogen) atoms. The molecule has 0 radical (unpaired) electrons. The highest BCUT2D eigenvalue weighted by Gasteiger charge is 2.17. The van der Waals surface area contributed by atoms with E-state index in [1.54, 1.807) is 24.5 Å². The quantitative estimate of drug-likeness (QED) is 0.484. The summed E-state index contributed by atoms with van der Waals surface area (Å²) in [4.78, 5) is 9.88. The molecule has 4 rings (SSSR count). The van der Waals surface area contributed by atoms with Crippen LogP contribution in [0.4, 0.5) is 0 Å². The number of hydrogen-bond acceptors (Lipinski definition) is 8. The maximum absolute atomic E-state index is 11.9. The van der Waals surface area contributed by atoms with Gasteiger partial charge in [-0.05, 0) is 29.5 Å². The molecule has 1 aromatic carbocycles. The average molecular weight is 404 g/mol. The van der Waals surface area contributed by atoms with E-state index in [1.807, 2.05) is 23.1 Å². The van der Waals surface area contributed by atoms with Gasteiger partial charge in [-0.1, -0.05) is 12.1 Å². The van der Waals surface area contributed by atoms with Crippen LogP contribution in [0.15, 0.2) is 57.4 Å². The lowest BCUT2D eigenvalue weighted by Gasteiger charge is -2.06. The normalized spacial score (nSPS) is 11.9. The van der Waals surface area contributed by atoms with Gasteiger partial charge >= 0.3 is 0 Å². The molecule has 10 heteroatoms. The highest BCUT2D eigenvalue weighted by molar-refractivity contribution is 7.99. The van der Waals surface area contributed by atoms with Crippen LogP contribution in [0.5, 0.6) is 0 Å². The Labute approximate surface area is 158 Å². The number of benzene rings is 1. The molecule has 0 N–H and O–H groups in total. The summed E-state index contributed by atoms with van der Waals surface area (Å²) < 4.78 is 25.6. The van der Waals surface area contributed by atoms with Crippen LogP contribution in [0.25, 0.3) is 21.3 Å². The van der Waals surface area contributed by atoms with Crippen molar-refractivity contribution in [2.45, 2.75) is 15.1 Å². The molecular weight excluding hydrogens is 390 g/mol. The number of sulfone groups is 1. The van der Waals surface area contributed by atoms with Crippen LogP contribution in [0, 0.1) is 0 Å². The van der Waals surface area contributed by atoms with Crippen LogP contribution in [0.3, 0.4) is 0 Å². The van der Waals surface area contributed by atoms with Crippen LogP contribution >= 0.6 is 23.1 Å². The summed E-state index contributed by atoms with van der Waals surface area (Å²) in [5.41, 5.74) is 1.72. The number of nitrogens with zero attached hydrogens (tertiary/aromatic N) is 5. The van der Waals surface area contributed by atoms with Crippen LogP contribution in [0.2, 0.25) is 0 Å². The number of aryl methyl sites for hydroxylation is 1. The molecule has 0 aliphatic heterocycles. The second kappa shape index (κ2) is 6.45. The average Bonchev–Trinajstić information content (AvgIpc) is 3.21. The summed E-state index contributed by atoms with van der Waals surface area (Å²) in [5.74, 6) is 0. The highest BCUT2D eigenvalue weighted by atomic mass is 32.2. The van der Waals surface area contributed by atoms with Gasteiger partial charge in [-0.3, -0.25) is 0 Å². The molecule has 132 valence electrons. The molecule has 0 fully saturated rings. The third-order valence-corrected chi connectivity index (χ3v) is 6.82. The van der Waals surface area contributed by atoms with E-state index in [-0.39, 0.29) is 4.90 Å². The number of rotatable bonds is 4. The first kappa shape index (κ1) is 17.1. The van der Waals surface area contributed by atoms with E-state index in [4.69, 9.17) is 0 Å². The Hall–Kier alpha value is -2.30. The van der Waals surface area contributed by atoms with E-state index in [9.17, 15) is 8.42 Å². The Bertz CT molecular complexity index is 1210. The first-order valence-corrected chi connectivity index (χ1v) is 11.1. The van der Waals surface area contributed by atoms with Crippen LogP contribution in [0.1, 0.15) is 0 Å². The maximum atomic E-state index is 11.9. The van der Waals surface area contributed by atoms with E-state index in [1.165, 1.54) is 35.7 Å². The lowest BCUT2D eigenvalue weighted by molar-refractivity contribution is 0.602. The van der Waals surface area contributed by atoms with Gasteiger partial charge in [0, 0.05) is 24.2 Å². The molecule has 3 heterocycles. The summed E-state index contributed by atoms with van der Waals surface area (Å²) in [6, 6.07) is 6.91. The Morgan fingerprint density at radius 2 is 2.08 bits per heavy atom. The molecule has 0 saturated carbocycles. The Morgan fingerprint density at radius 1 is 1.23 bits per heavy atom.